The number of anilines is 4. The van der Waals surface area contributed by atoms with Crippen LogP contribution in [-0.2, 0) is 0 Å². The molecule has 3 rings (SSSR count). The van der Waals surface area contributed by atoms with Gasteiger partial charge in [0.15, 0.2) is 0 Å². The van der Waals surface area contributed by atoms with Crippen LogP contribution >= 0.6 is 0 Å². The summed E-state index contributed by atoms with van der Waals surface area (Å²) in [6.45, 7) is 0. The molecule has 0 atom stereocenters. The molecule has 0 bridgehead atoms. The Balaban J connectivity index is 1.64. The van der Waals surface area contributed by atoms with Crippen LogP contribution in [0.2, 0.25) is 0 Å². The summed E-state index contributed by atoms with van der Waals surface area (Å²) in [4.78, 5) is 22.7. The lowest BCUT2D eigenvalue weighted by molar-refractivity contribution is 0.102. The molecule has 0 unspecified atom stereocenters. The number of methoxy groups -OCH3 is 1. The van der Waals surface area contributed by atoms with Crippen LogP contribution in [0.5, 0.6) is 5.75 Å². The van der Waals surface area contributed by atoms with E-state index in [0.717, 1.165) is 17.1 Å². The molecular formula is C20H21N5O2. The molecule has 0 aliphatic carbocycles. The van der Waals surface area contributed by atoms with Crippen molar-refractivity contribution < 1.29 is 9.53 Å². The lowest BCUT2D eigenvalue weighted by atomic mass is 10.2. The molecule has 138 valence electrons. The molecule has 0 spiro atoms. The standard InChI is InChI=1S/C20H21N5O2/c1-25(2)16-9-7-14(8-10-16)24-20(26)18-12-22-19(13-21-18)23-15-5-4-6-17(11-15)27-3/h4-13H,1-3H3,(H,22,23)(H,24,26). The molecule has 0 saturated carbocycles. The molecule has 7 nitrogen and oxygen atoms in total. The molecule has 1 amide bonds. The van der Waals surface area contributed by atoms with Crippen molar-refractivity contribution in [2.24, 2.45) is 0 Å². The lowest BCUT2D eigenvalue weighted by Crippen LogP contribution is -2.14. The number of hydrogen-bond acceptors (Lipinski definition) is 6. The van der Waals surface area contributed by atoms with Crippen molar-refractivity contribution in [1.29, 1.82) is 0 Å². The smallest absolute Gasteiger partial charge is 0.275 e. The van der Waals surface area contributed by atoms with Crippen LogP contribution in [0.15, 0.2) is 60.9 Å². The summed E-state index contributed by atoms with van der Waals surface area (Å²) in [5.41, 5.74) is 2.82. The number of carbonyl (C=O) groups excluding carboxylic acids is 1. The fraction of sp³-hybridized carbons (Fsp3) is 0.150. The van der Waals surface area contributed by atoms with Crippen LogP contribution in [0.4, 0.5) is 22.9 Å². The van der Waals surface area contributed by atoms with E-state index in [9.17, 15) is 4.79 Å². The Labute approximate surface area is 158 Å². The summed E-state index contributed by atoms with van der Waals surface area (Å²) in [5.74, 6) is 0.965. The first-order valence-corrected chi connectivity index (χ1v) is 8.37. The second kappa shape index (κ2) is 8.18. The largest absolute Gasteiger partial charge is 0.497 e. The SMILES string of the molecule is COc1cccc(Nc2cnc(C(=O)Nc3ccc(N(C)C)cc3)cn2)c1. The zero-order chi connectivity index (χ0) is 19.2. The van der Waals surface area contributed by atoms with Crippen LogP contribution in [0, 0.1) is 0 Å². The van der Waals surface area contributed by atoms with Gasteiger partial charge in [-0.1, -0.05) is 6.07 Å². The molecule has 3 aromatic rings. The molecule has 0 radical (unpaired) electrons. The lowest BCUT2D eigenvalue weighted by Gasteiger charge is -2.13. The topological polar surface area (TPSA) is 79.4 Å². The van der Waals surface area contributed by atoms with E-state index in [0.29, 0.717) is 11.5 Å². The monoisotopic (exact) mass is 363 g/mol. The van der Waals surface area contributed by atoms with Crippen molar-refractivity contribution in [1.82, 2.24) is 9.97 Å². The summed E-state index contributed by atoms with van der Waals surface area (Å²) in [7, 11) is 5.54. The number of rotatable bonds is 6. The predicted octanol–water partition coefficient (Wildman–Crippen LogP) is 3.55. The first kappa shape index (κ1) is 18.2. The van der Waals surface area contributed by atoms with Crippen LogP contribution in [0.1, 0.15) is 10.5 Å². The number of nitrogens with zero attached hydrogens (tertiary/aromatic N) is 3. The van der Waals surface area contributed by atoms with Gasteiger partial charge in [-0.25, -0.2) is 9.97 Å². The Morgan fingerprint density at radius 1 is 1.00 bits per heavy atom. The summed E-state index contributed by atoms with van der Waals surface area (Å²) in [6, 6.07) is 15.0. The summed E-state index contributed by atoms with van der Waals surface area (Å²) >= 11 is 0. The highest BCUT2D eigenvalue weighted by molar-refractivity contribution is 6.02. The van der Waals surface area contributed by atoms with Gasteiger partial charge in [0.25, 0.3) is 5.91 Å². The number of carbonyl (C=O) groups is 1. The Bertz CT molecular complexity index is 908. The fourth-order valence-corrected chi connectivity index (χ4v) is 2.40. The van der Waals surface area contributed by atoms with Crippen molar-refractivity contribution in [3.63, 3.8) is 0 Å². The van der Waals surface area contributed by atoms with Gasteiger partial charge in [0, 0.05) is 37.2 Å². The minimum atomic E-state index is -0.312. The zero-order valence-corrected chi connectivity index (χ0v) is 15.4. The molecule has 2 aromatic carbocycles. The van der Waals surface area contributed by atoms with Crippen molar-refractivity contribution in [2.75, 3.05) is 36.7 Å². The van der Waals surface area contributed by atoms with Gasteiger partial charge in [-0.3, -0.25) is 4.79 Å². The van der Waals surface area contributed by atoms with Gasteiger partial charge >= 0.3 is 0 Å². The van der Waals surface area contributed by atoms with Crippen molar-refractivity contribution in [3.05, 3.63) is 66.6 Å². The molecule has 27 heavy (non-hydrogen) atoms. The van der Waals surface area contributed by atoms with Gasteiger partial charge in [-0.15, -0.1) is 0 Å². The van der Waals surface area contributed by atoms with Crippen LogP contribution in [0.3, 0.4) is 0 Å². The summed E-state index contributed by atoms with van der Waals surface area (Å²) < 4.78 is 5.19. The van der Waals surface area contributed by atoms with E-state index in [1.165, 1.54) is 12.4 Å². The minimum absolute atomic E-state index is 0.239. The molecule has 1 aromatic heterocycles. The van der Waals surface area contributed by atoms with E-state index in [1.807, 2.05) is 67.5 Å². The number of ether oxygens (including phenoxy) is 1. The fourth-order valence-electron chi connectivity index (χ4n) is 2.40. The van der Waals surface area contributed by atoms with Gasteiger partial charge < -0.3 is 20.3 Å². The third-order valence-corrected chi connectivity index (χ3v) is 3.87. The van der Waals surface area contributed by atoms with E-state index >= 15 is 0 Å². The highest BCUT2D eigenvalue weighted by Crippen LogP contribution is 2.20. The van der Waals surface area contributed by atoms with Crippen LogP contribution in [0.25, 0.3) is 0 Å². The van der Waals surface area contributed by atoms with Crippen LogP contribution < -0.4 is 20.3 Å². The highest BCUT2D eigenvalue weighted by Gasteiger charge is 2.09. The van der Waals surface area contributed by atoms with Gasteiger partial charge in [0.2, 0.25) is 0 Å². The molecule has 2 N–H and O–H groups in total. The number of aromatic nitrogens is 2. The molecule has 0 saturated heterocycles. The van der Waals surface area contributed by atoms with Gasteiger partial charge in [0.1, 0.15) is 17.3 Å². The normalized spacial score (nSPS) is 10.2. The van der Waals surface area contributed by atoms with Gasteiger partial charge in [-0.05, 0) is 36.4 Å². The molecule has 7 heteroatoms. The molecule has 0 aliphatic heterocycles. The van der Waals surface area contributed by atoms with Crippen LogP contribution in [-0.4, -0.2) is 37.1 Å². The van der Waals surface area contributed by atoms with Gasteiger partial charge in [0.05, 0.1) is 19.5 Å². The molecule has 0 aliphatic rings. The van der Waals surface area contributed by atoms with E-state index in [-0.39, 0.29) is 11.6 Å². The average Bonchev–Trinajstić information content (AvgIpc) is 2.69. The maximum absolute atomic E-state index is 12.3. The quantitative estimate of drug-likeness (QED) is 0.697. The third kappa shape index (κ3) is 4.72. The van der Waals surface area contributed by atoms with E-state index in [4.69, 9.17) is 4.74 Å². The predicted molar refractivity (Wildman–Crippen MR) is 107 cm³/mol. The van der Waals surface area contributed by atoms with E-state index in [2.05, 4.69) is 20.6 Å². The minimum Gasteiger partial charge on any atom is -0.497 e. The van der Waals surface area contributed by atoms with Gasteiger partial charge in [-0.2, -0.15) is 0 Å². The maximum atomic E-state index is 12.3. The average molecular weight is 363 g/mol. The highest BCUT2D eigenvalue weighted by atomic mass is 16.5. The second-order valence-electron chi connectivity index (χ2n) is 6.04. The summed E-state index contributed by atoms with van der Waals surface area (Å²) in [6.07, 6.45) is 2.95. The second-order valence-corrected chi connectivity index (χ2v) is 6.04. The Hall–Kier alpha value is -3.61. The Morgan fingerprint density at radius 3 is 2.41 bits per heavy atom. The van der Waals surface area contributed by atoms with Crippen molar-refractivity contribution >= 4 is 28.8 Å². The number of amides is 1. The van der Waals surface area contributed by atoms with E-state index < -0.39 is 0 Å². The third-order valence-electron chi connectivity index (χ3n) is 3.87. The Morgan fingerprint density at radius 2 is 1.78 bits per heavy atom. The number of nitrogens with one attached hydrogen (secondary N) is 2. The molecular weight excluding hydrogens is 342 g/mol. The first-order valence-electron chi connectivity index (χ1n) is 8.37. The summed E-state index contributed by atoms with van der Waals surface area (Å²) in [5, 5.41) is 5.93. The number of benzene rings is 2. The molecule has 0 fully saturated rings. The van der Waals surface area contributed by atoms with Crippen molar-refractivity contribution in [2.45, 2.75) is 0 Å². The maximum Gasteiger partial charge on any atom is 0.275 e. The first-order chi connectivity index (χ1) is 13.0. The Kier molecular flexibility index (Phi) is 5.51. The van der Waals surface area contributed by atoms with Crippen molar-refractivity contribution in [3.8, 4) is 5.75 Å². The zero-order valence-electron chi connectivity index (χ0n) is 15.4. The van der Waals surface area contributed by atoms with E-state index in [1.54, 1.807) is 7.11 Å². The molecule has 1 heterocycles. The number of hydrogen-bond donors (Lipinski definition) is 2.